The highest BCUT2D eigenvalue weighted by molar-refractivity contribution is 6.31. The van der Waals surface area contributed by atoms with Crippen molar-refractivity contribution in [1.82, 2.24) is 4.90 Å². The van der Waals surface area contributed by atoms with Crippen molar-refractivity contribution < 1.29 is 9.53 Å². The number of ether oxygens (including phenoxy) is 1. The third kappa shape index (κ3) is 3.97. The van der Waals surface area contributed by atoms with Gasteiger partial charge >= 0.3 is 6.09 Å². The van der Waals surface area contributed by atoms with Crippen LogP contribution in [0.1, 0.15) is 29.5 Å². The largest absolute Gasteiger partial charge is 0.445 e. The molecule has 0 saturated carbocycles. The zero-order valence-corrected chi connectivity index (χ0v) is 15.1. The first-order chi connectivity index (χ1) is 12.0. The van der Waals surface area contributed by atoms with Gasteiger partial charge in [0.15, 0.2) is 0 Å². The smallest absolute Gasteiger partial charge is 0.410 e. The Kier molecular flexibility index (Phi) is 5.30. The molecule has 132 valence electrons. The van der Waals surface area contributed by atoms with Gasteiger partial charge < -0.3 is 15.4 Å². The topological polar surface area (TPSA) is 55.6 Å². The predicted octanol–water partition coefficient (Wildman–Crippen LogP) is 4.24. The van der Waals surface area contributed by atoms with Crippen LogP contribution in [0.2, 0.25) is 5.02 Å². The van der Waals surface area contributed by atoms with E-state index in [2.05, 4.69) is 0 Å². The highest BCUT2D eigenvalue weighted by atomic mass is 35.5. The van der Waals surface area contributed by atoms with E-state index in [-0.39, 0.29) is 12.7 Å². The Balaban J connectivity index is 1.59. The van der Waals surface area contributed by atoms with Crippen LogP contribution < -0.4 is 5.73 Å². The van der Waals surface area contributed by atoms with Crippen molar-refractivity contribution in [2.45, 2.75) is 31.9 Å². The Bertz CT molecular complexity index is 741. The Hall–Kier alpha value is -2.04. The van der Waals surface area contributed by atoms with Gasteiger partial charge in [-0.3, -0.25) is 0 Å². The van der Waals surface area contributed by atoms with Crippen molar-refractivity contribution >= 4 is 17.7 Å². The maximum absolute atomic E-state index is 12.3. The van der Waals surface area contributed by atoms with Crippen LogP contribution in [-0.4, -0.2) is 24.1 Å². The number of likely N-dealkylation sites (tertiary alicyclic amines) is 1. The first-order valence-electron chi connectivity index (χ1n) is 8.50. The number of benzene rings is 2. The Morgan fingerprint density at radius 2 is 1.84 bits per heavy atom. The average Bonchev–Trinajstić information content (AvgIpc) is 2.63. The van der Waals surface area contributed by atoms with Crippen LogP contribution in [0.15, 0.2) is 48.5 Å². The molecule has 3 rings (SSSR count). The molecule has 1 aliphatic rings. The van der Waals surface area contributed by atoms with Gasteiger partial charge in [0.2, 0.25) is 0 Å². The van der Waals surface area contributed by atoms with Crippen LogP contribution in [0.5, 0.6) is 0 Å². The second-order valence-electron chi connectivity index (χ2n) is 6.60. The van der Waals surface area contributed by atoms with Gasteiger partial charge in [0, 0.05) is 23.7 Å². The van der Waals surface area contributed by atoms with E-state index in [0.717, 1.165) is 21.7 Å². The van der Waals surface area contributed by atoms with Crippen molar-refractivity contribution in [3.63, 3.8) is 0 Å². The summed E-state index contributed by atoms with van der Waals surface area (Å²) >= 11 is 6.23. The number of nitrogens with zero attached hydrogens (tertiary/aromatic N) is 1. The molecule has 0 bridgehead atoms. The standard InChI is InChI=1S/C20H23ClN2O2/c1-15-17(8-5-9-18(15)21)20(22)10-12-23(13-11-20)19(24)25-14-16-6-3-2-4-7-16/h2-9H,10-14,22H2,1H3. The number of carbonyl (C=O) groups is 1. The zero-order chi connectivity index (χ0) is 17.9. The summed E-state index contributed by atoms with van der Waals surface area (Å²) in [6, 6.07) is 15.5. The molecule has 1 amide bonds. The lowest BCUT2D eigenvalue weighted by Gasteiger charge is -2.40. The quantitative estimate of drug-likeness (QED) is 0.893. The minimum atomic E-state index is -0.453. The minimum absolute atomic E-state index is 0.284. The van der Waals surface area contributed by atoms with Gasteiger partial charge in [-0.1, -0.05) is 54.1 Å². The van der Waals surface area contributed by atoms with E-state index in [1.165, 1.54) is 0 Å². The van der Waals surface area contributed by atoms with Gasteiger partial charge in [0.1, 0.15) is 6.61 Å². The first kappa shape index (κ1) is 17.8. The second kappa shape index (κ2) is 7.46. The fourth-order valence-electron chi connectivity index (χ4n) is 3.32. The van der Waals surface area contributed by atoms with Gasteiger partial charge in [-0.05, 0) is 42.5 Å². The molecule has 0 aromatic heterocycles. The molecule has 1 heterocycles. The predicted molar refractivity (Wildman–Crippen MR) is 99.5 cm³/mol. The van der Waals surface area contributed by atoms with Crippen LogP contribution in [0, 0.1) is 6.92 Å². The van der Waals surface area contributed by atoms with Crippen LogP contribution in [0.25, 0.3) is 0 Å². The third-order valence-corrected chi connectivity index (χ3v) is 5.33. The van der Waals surface area contributed by atoms with E-state index in [4.69, 9.17) is 22.1 Å². The molecule has 2 aromatic carbocycles. The molecule has 1 fully saturated rings. The number of carbonyl (C=O) groups excluding carboxylic acids is 1. The summed E-state index contributed by atoms with van der Waals surface area (Å²) in [7, 11) is 0. The van der Waals surface area contributed by atoms with Crippen LogP contribution in [0.3, 0.4) is 0 Å². The van der Waals surface area contributed by atoms with E-state index >= 15 is 0 Å². The Labute approximate surface area is 153 Å². The molecule has 0 aliphatic carbocycles. The lowest BCUT2D eigenvalue weighted by atomic mass is 9.80. The maximum Gasteiger partial charge on any atom is 0.410 e. The number of halogens is 1. The number of hydrogen-bond acceptors (Lipinski definition) is 3. The van der Waals surface area contributed by atoms with Gasteiger partial charge in [-0.15, -0.1) is 0 Å². The monoisotopic (exact) mass is 358 g/mol. The van der Waals surface area contributed by atoms with Crippen molar-refractivity contribution in [3.8, 4) is 0 Å². The minimum Gasteiger partial charge on any atom is -0.445 e. The number of rotatable bonds is 3. The van der Waals surface area contributed by atoms with Crippen LogP contribution >= 0.6 is 11.6 Å². The lowest BCUT2D eigenvalue weighted by Crippen LogP contribution is -2.50. The number of nitrogens with two attached hydrogens (primary N) is 1. The summed E-state index contributed by atoms with van der Waals surface area (Å²) in [5.74, 6) is 0. The van der Waals surface area contributed by atoms with Crippen molar-refractivity contribution in [3.05, 3.63) is 70.2 Å². The summed E-state index contributed by atoms with van der Waals surface area (Å²) in [6.45, 7) is 3.44. The van der Waals surface area contributed by atoms with Crippen molar-refractivity contribution in [1.29, 1.82) is 0 Å². The molecule has 0 atom stereocenters. The fourth-order valence-corrected chi connectivity index (χ4v) is 3.49. The van der Waals surface area contributed by atoms with Crippen molar-refractivity contribution in [2.75, 3.05) is 13.1 Å². The van der Waals surface area contributed by atoms with E-state index in [1.807, 2.05) is 55.5 Å². The highest BCUT2D eigenvalue weighted by Gasteiger charge is 2.35. The number of hydrogen-bond donors (Lipinski definition) is 1. The Morgan fingerprint density at radius 1 is 1.16 bits per heavy atom. The van der Waals surface area contributed by atoms with Gasteiger partial charge in [-0.2, -0.15) is 0 Å². The third-order valence-electron chi connectivity index (χ3n) is 4.92. The molecule has 0 radical (unpaired) electrons. The zero-order valence-electron chi connectivity index (χ0n) is 14.4. The van der Waals surface area contributed by atoms with Crippen molar-refractivity contribution in [2.24, 2.45) is 5.73 Å². The molecule has 5 heteroatoms. The summed E-state index contributed by atoms with van der Waals surface area (Å²) in [6.07, 6.45) is 1.09. The number of piperidine rings is 1. The molecule has 0 unspecified atom stereocenters. The molecule has 4 nitrogen and oxygen atoms in total. The van der Waals surface area contributed by atoms with Crippen LogP contribution in [0.4, 0.5) is 4.79 Å². The first-order valence-corrected chi connectivity index (χ1v) is 8.87. The summed E-state index contributed by atoms with van der Waals surface area (Å²) < 4.78 is 5.41. The molecule has 25 heavy (non-hydrogen) atoms. The summed E-state index contributed by atoms with van der Waals surface area (Å²) in [5.41, 5.74) is 9.26. The van der Waals surface area contributed by atoms with E-state index in [0.29, 0.717) is 25.9 Å². The molecule has 1 saturated heterocycles. The SMILES string of the molecule is Cc1c(Cl)cccc1C1(N)CCN(C(=O)OCc2ccccc2)CC1. The second-order valence-corrected chi connectivity index (χ2v) is 7.00. The highest BCUT2D eigenvalue weighted by Crippen LogP contribution is 2.34. The molecule has 2 N–H and O–H groups in total. The fraction of sp³-hybridized carbons (Fsp3) is 0.350. The Morgan fingerprint density at radius 3 is 2.52 bits per heavy atom. The molecule has 0 spiro atoms. The molecular formula is C20H23ClN2O2. The normalized spacial score (nSPS) is 16.5. The summed E-state index contributed by atoms with van der Waals surface area (Å²) in [5, 5.41) is 0.729. The van der Waals surface area contributed by atoms with Crippen LogP contribution in [-0.2, 0) is 16.9 Å². The van der Waals surface area contributed by atoms with Gasteiger partial charge in [0.25, 0.3) is 0 Å². The average molecular weight is 359 g/mol. The molecule has 1 aliphatic heterocycles. The maximum atomic E-state index is 12.3. The van der Waals surface area contributed by atoms with Gasteiger partial charge in [-0.25, -0.2) is 4.79 Å². The lowest BCUT2D eigenvalue weighted by molar-refractivity contribution is 0.0779. The van der Waals surface area contributed by atoms with E-state index < -0.39 is 5.54 Å². The molecular weight excluding hydrogens is 336 g/mol. The summed E-state index contributed by atoms with van der Waals surface area (Å²) in [4.78, 5) is 14.0. The van der Waals surface area contributed by atoms with E-state index in [1.54, 1.807) is 4.90 Å². The molecule has 2 aromatic rings. The van der Waals surface area contributed by atoms with Gasteiger partial charge in [0.05, 0.1) is 0 Å². The number of amides is 1. The van der Waals surface area contributed by atoms with E-state index in [9.17, 15) is 4.79 Å².